The fraction of sp³-hybridized carbons (Fsp3) is 0.467. The number of hydrogen-bond donors (Lipinski definition) is 3. The Morgan fingerprint density at radius 1 is 1.29 bits per heavy atom. The van der Waals surface area contributed by atoms with Gasteiger partial charge in [0.1, 0.15) is 0 Å². The smallest absolute Gasteiger partial charge is 0.251 e. The number of aryl methyl sites for hydroxylation is 1. The van der Waals surface area contributed by atoms with Crippen LogP contribution in [0.2, 0.25) is 0 Å². The lowest BCUT2D eigenvalue weighted by molar-refractivity contribution is -0.120. The number of rotatable bonds is 7. The second kappa shape index (κ2) is 8.69. The van der Waals surface area contributed by atoms with Gasteiger partial charge in [0.05, 0.1) is 13.2 Å². The second-order valence-electron chi connectivity index (χ2n) is 4.86. The Morgan fingerprint density at radius 3 is 2.43 bits per heavy atom. The Balaban J connectivity index is 2.42. The van der Waals surface area contributed by atoms with Gasteiger partial charge in [-0.1, -0.05) is 17.7 Å². The van der Waals surface area contributed by atoms with Gasteiger partial charge in [0.25, 0.3) is 5.91 Å². The number of aliphatic hydroxyl groups excluding tert-OH is 1. The molecule has 0 aliphatic carbocycles. The van der Waals surface area contributed by atoms with Crippen LogP contribution in [-0.4, -0.2) is 47.6 Å². The second-order valence-corrected chi connectivity index (χ2v) is 5.94. The van der Waals surface area contributed by atoms with Gasteiger partial charge in [-0.3, -0.25) is 9.59 Å². The van der Waals surface area contributed by atoms with Crippen LogP contribution in [0.15, 0.2) is 24.3 Å². The number of carbonyl (C=O) groups excluding carboxylic acids is 2. The van der Waals surface area contributed by atoms with Gasteiger partial charge >= 0.3 is 0 Å². The van der Waals surface area contributed by atoms with Crippen molar-refractivity contribution in [3.8, 4) is 0 Å². The lowest BCUT2D eigenvalue weighted by Crippen LogP contribution is -2.45. The van der Waals surface area contributed by atoms with Crippen molar-refractivity contribution in [2.75, 3.05) is 19.4 Å². The summed E-state index contributed by atoms with van der Waals surface area (Å²) in [5.41, 5.74) is 1.60. The molecule has 3 N–H and O–H groups in total. The molecule has 0 heterocycles. The van der Waals surface area contributed by atoms with E-state index in [9.17, 15) is 9.59 Å². The van der Waals surface area contributed by atoms with Crippen molar-refractivity contribution >= 4 is 23.6 Å². The Hall–Kier alpha value is -1.53. The van der Waals surface area contributed by atoms with Crippen LogP contribution in [0.25, 0.3) is 0 Å². The molecule has 0 radical (unpaired) electrons. The Bertz CT molecular complexity index is 472. The van der Waals surface area contributed by atoms with E-state index in [-0.39, 0.29) is 36.3 Å². The van der Waals surface area contributed by atoms with Gasteiger partial charge in [0.15, 0.2) is 0 Å². The van der Waals surface area contributed by atoms with Crippen molar-refractivity contribution in [2.24, 2.45) is 0 Å². The lowest BCUT2D eigenvalue weighted by Gasteiger charge is -2.21. The SMILES string of the molecule is CSC(CO)C(C)NC(=O)CNC(=O)c1ccc(C)cc1. The fourth-order valence-electron chi connectivity index (χ4n) is 1.80. The number of thioether (sulfide) groups is 1. The van der Waals surface area contributed by atoms with Crippen molar-refractivity contribution in [3.63, 3.8) is 0 Å². The van der Waals surface area contributed by atoms with E-state index in [1.165, 1.54) is 11.8 Å². The molecule has 0 saturated carbocycles. The predicted molar refractivity (Wildman–Crippen MR) is 85.5 cm³/mol. The molecule has 2 atom stereocenters. The van der Waals surface area contributed by atoms with E-state index in [1.54, 1.807) is 12.1 Å². The minimum Gasteiger partial charge on any atom is -0.395 e. The third-order valence-corrected chi connectivity index (χ3v) is 4.32. The molecular formula is C15H22N2O3S. The zero-order valence-electron chi connectivity index (χ0n) is 12.6. The average molecular weight is 310 g/mol. The minimum atomic E-state index is -0.277. The molecular weight excluding hydrogens is 288 g/mol. The Labute approximate surface area is 129 Å². The highest BCUT2D eigenvalue weighted by Crippen LogP contribution is 2.09. The topological polar surface area (TPSA) is 78.4 Å². The Kier molecular flexibility index (Phi) is 7.25. The lowest BCUT2D eigenvalue weighted by atomic mass is 10.1. The highest BCUT2D eigenvalue weighted by atomic mass is 32.2. The molecule has 0 aliphatic heterocycles. The summed E-state index contributed by atoms with van der Waals surface area (Å²) in [6.07, 6.45) is 1.88. The first kappa shape index (κ1) is 17.5. The molecule has 2 unspecified atom stereocenters. The summed E-state index contributed by atoms with van der Waals surface area (Å²) in [6, 6.07) is 6.98. The molecule has 0 fully saturated rings. The van der Waals surface area contributed by atoms with Crippen LogP contribution in [0.4, 0.5) is 0 Å². The molecule has 0 aromatic heterocycles. The van der Waals surface area contributed by atoms with Crippen LogP contribution in [0.3, 0.4) is 0 Å². The molecule has 116 valence electrons. The van der Waals surface area contributed by atoms with E-state index < -0.39 is 0 Å². The normalized spacial score (nSPS) is 13.3. The molecule has 0 aliphatic rings. The summed E-state index contributed by atoms with van der Waals surface area (Å²) in [5.74, 6) is -0.545. The van der Waals surface area contributed by atoms with E-state index >= 15 is 0 Å². The fourth-order valence-corrected chi connectivity index (χ4v) is 2.43. The molecule has 2 amide bonds. The van der Waals surface area contributed by atoms with Crippen LogP contribution >= 0.6 is 11.8 Å². The first-order chi connectivity index (χ1) is 9.97. The maximum Gasteiger partial charge on any atom is 0.251 e. The van der Waals surface area contributed by atoms with Gasteiger partial charge in [-0.25, -0.2) is 0 Å². The quantitative estimate of drug-likeness (QED) is 0.701. The van der Waals surface area contributed by atoms with Gasteiger partial charge in [0.2, 0.25) is 5.91 Å². The molecule has 0 saturated heterocycles. The standard InChI is InChI=1S/C15H22N2O3S/c1-10-4-6-12(7-5-10)15(20)16-8-14(19)17-11(2)13(9-18)21-3/h4-7,11,13,18H,8-9H2,1-3H3,(H,16,20)(H,17,19). The molecule has 1 aromatic rings. The van der Waals surface area contributed by atoms with Crippen molar-refractivity contribution in [3.05, 3.63) is 35.4 Å². The van der Waals surface area contributed by atoms with Crippen molar-refractivity contribution in [1.29, 1.82) is 0 Å². The molecule has 0 spiro atoms. The number of aliphatic hydroxyl groups is 1. The van der Waals surface area contributed by atoms with Crippen LogP contribution in [0.5, 0.6) is 0 Å². The van der Waals surface area contributed by atoms with Gasteiger partial charge in [-0.2, -0.15) is 11.8 Å². The summed E-state index contributed by atoms with van der Waals surface area (Å²) in [6.45, 7) is 3.69. The summed E-state index contributed by atoms with van der Waals surface area (Å²) in [5, 5.41) is 14.4. The minimum absolute atomic E-state index is 0.00165. The molecule has 0 bridgehead atoms. The third kappa shape index (κ3) is 5.77. The van der Waals surface area contributed by atoms with E-state index in [2.05, 4.69) is 10.6 Å². The van der Waals surface area contributed by atoms with Crippen LogP contribution in [0.1, 0.15) is 22.8 Å². The van der Waals surface area contributed by atoms with Gasteiger partial charge < -0.3 is 15.7 Å². The van der Waals surface area contributed by atoms with Crippen molar-refractivity contribution < 1.29 is 14.7 Å². The zero-order chi connectivity index (χ0) is 15.8. The monoisotopic (exact) mass is 310 g/mol. The van der Waals surface area contributed by atoms with Gasteiger partial charge in [0, 0.05) is 16.9 Å². The van der Waals surface area contributed by atoms with E-state index in [1.807, 2.05) is 32.2 Å². The van der Waals surface area contributed by atoms with Crippen LogP contribution in [0, 0.1) is 6.92 Å². The zero-order valence-corrected chi connectivity index (χ0v) is 13.4. The van der Waals surface area contributed by atoms with Crippen LogP contribution in [-0.2, 0) is 4.79 Å². The maximum absolute atomic E-state index is 11.9. The predicted octanol–water partition coefficient (Wildman–Crippen LogP) is 0.953. The third-order valence-electron chi connectivity index (χ3n) is 3.15. The average Bonchev–Trinajstić information content (AvgIpc) is 2.46. The largest absolute Gasteiger partial charge is 0.395 e. The summed E-state index contributed by atoms with van der Waals surface area (Å²) >= 11 is 1.49. The number of benzene rings is 1. The molecule has 6 heteroatoms. The first-order valence-corrected chi connectivity index (χ1v) is 8.04. The molecule has 1 aromatic carbocycles. The summed E-state index contributed by atoms with van der Waals surface area (Å²) < 4.78 is 0. The summed E-state index contributed by atoms with van der Waals surface area (Å²) in [7, 11) is 0. The van der Waals surface area contributed by atoms with E-state index in [4.69, 9.17) is 5.11 Å². The number of hydrogen-bond acceptors (Lipinski definition) is 4. The summed E-state index contributed by atoms with van der Waals surface area (Å²) in [4.78, 5) is 23.6. The first-order valence-electron chi connectivity index (χ1n) is 6.75. The van der Waals surface area contributed by atoms with Crippen molar-refractivity contribution in [1.82, 2.24) is 10.6 Å². The maximum atomic E-state index is 11.9. The van der Waals surface area contributed by atoms with E-state index in [0.717, 1.165) is 5.56 Å². The number of amides is 2. The van der Waals surface area contributed by atoms with E-state index in [0.29, 0.717) is 5.56 Å². The van der Waals surface area contributed by atoms with Gasteiger partial charge in [-0.15, -0.1) is 0 Å². The molecule has 5 nitrogen and oxygen atoms in total. The van der Waals surface area contributed by atoms with Crippen molar-refractivity contribution in [2.45, 2.75) is 25.1 Å². The number of carbonyl (C=O) groups is 2. The molecule has 21 heavy (non-hydrogen) atoms. The van der Waals surface area contributed by atoms with Gasteiger partial charge in [-0.05, 0) is 32.2 Å². The Morgan fingerprint density at radius 2 is 1.90 bits per heavy atom. The molecule has 1 rings (SSSR count). The highest BCUT2D eigenvalue weighted by Gasteiger charge is 2.17. The number of nitrogens with one attached hydrogen (secondary N) is 2. The van der Waals surface area contributed by atoms with Crippen LogP contribution < -0.4 is 10.6 Å². The highest BCUT2D eigenvalue weighted by molar-refractivity contribution is 7.99.